The first-order valence-corrected chi connectivity index (χ1v) is 6.82. The number of nitrogens with two attached hydrogens (primary N) is 1. The third kappa shape index (κ3) is 2.37. The lowest BCUT2D eigenvalue weighted by molar-refractivity contribution is 0.0999. The van der Waals surface area contributed by atoms with Crippen LogP contribution in [0, 0.1) is 0 Å². The quantitative estimate of drug-likeness (QED) is 0.877. The SMILES string of the molecule is NC(=O)c1ccccc1CN1C=NSc2cnccc21. The summed E-state index contributed by atoms with van der Waals surface area (Å²) in [6.07, 6.45) is 5.28. The van der Waals surface area contributed by atoms with Gasteiger partial charge in [0, 0.05) is 36.4 Å². The maximum atomic E-state index is 11.5. The van der Waals surface area contributed by atoms with E-state index in [4.69, 9.17) is 5.73 Å². The van der Waals surface area contributed by atoms with Crippen LogP contribution in [0.1, 0.15) is 15.9 Å². The number of hydrogen-bond donors (Lipinski definition) is 1. The Morgan fingerprint density at radius 2 is 2.15 bits per heavy atom. The van der Waals surface area contributed by atoms with Gasteiger partial charge in [-0.1, -0.05) is 18.2 Å². The topological polar surface area (TPSA) is 71.6 Å². The zero-order valence-corrected chi connectivity index (χ0v) is 11.4. The number of rotatable bonds is 3. The number of carbonyl (C=O) groups excluding carboxylic acids is 1. The summed E-state index contributed by atoms with van der Waals surface area (Å²) in [7, 11) is 0. The lowest BCUT2D eigenvalue weighted by Gasteiger charge is -2.25. The van der Waals surface area contributed by atoms with Crippen LogP contribution in [0.4, 0.5) is 5.69 Å². The second kappa shape index (κ2) is 5.34. The van der Waals surface area contributed by atoms with Gasteiger partial charge in [-0.15, -0.1) is 0 Å². The summed E-state index contributed by atoms with van der Waals surface area (Å²) in [6, 6.07) is 9.27. The van der Waals surface area contributed by atoms with Crippen molar-refractivity contribution < 1.29 is 4.79 Å². The van der Waals surface area contributed by atoms with Gasteiger partial charge < -0.3 is 10.6 Å². The van der Waals surface area contributed by atoms with Crippen LogP contribution < -0.4 is 10.6 Å². The van der Waals surface area contributed by atoms with E-state index >= 15 is 0 Å². The smallest absolute Gasteiger partial charge is 0.249 e. The highest BCUT2D eigenvalue weighted by Gasteiger charge is 2.17. The normalized spacial score (nSPS) is 13.1. The van der Waals surface area contributed by atoms with Gasteiger partial charge in [0.05, 0.1) is 10.6 Å². The zero-order valence-electron chi connectivity index (χ0n) is 10.6. The molecule has 2 heterocycles. The number of anilines is 1. The van der Waals surface area contributed by atoms with Crippen molar-refractivity contribution in [3.05, 3.63) is 53.9 Å². The Kier molecular flexibility index (Phi) is 3.39. The van der Waals surface area contributed by atoms with E-state index in [0.29, 0.717) is 12.1 Å². The van der Waals surface area contributed by atoms with Crippen LogP contribution in [-0.2, 0) is 6.54 Å². The van der Waals surface area contributed by atoms with Gasteiger partial charge in [-0.05, 0) is 17.7 Å². The molecule has 100 valence electrons. The maximum Gasteiger partial charge on any atom is 0.249 e. The lowest BCUT2D eigenvalue weighted by atomic mass is 10.1. The van der Waals surface area contributed by atoms with Crippen molar-refractivity contribution in [3.63, 3.8) is 0 Å². The first-order valence-electron chi connectivity index (χ1n) is 6.04. The number of aromatic nitrogens is 1. The van der Waals surface area contributed by atoms with Crippen LogP contribution in [0.15, 0.2) is 52.0 Å². The molecule has 0 saturated heterocycles. The molecule has 1 aromatic heterocycles. The summed E-state index contributed by atoms with van der Waals surface area (Å²) < 4.78 is 4.23. The third-order valence-electron chi connectivity index (χ3n) is 3.03. The van der Waals surface area contributed by atoms with Crippen LogP contribution in [0.25, 0.3) is 0 Å². The van der Waals surface area contributed by atoms with Crippen molar-refractivity contribution in [3.8, 4) is 0 Å². The van der Waals surface area contributed by atoms with E-state index in [1.807, 2.05) is 29.2 Å². The Labute approximate surface area is 120 Å². The number of pyridine rings is 1. The molecule has 0 saturated carbocycles. The van der Waals surface area contributed by atoms with Crippen molar-refractivity contribution >= 4 is 29.9 Å². The molecule has 1 aliphatic rings. The predicted octanol–water partition coefficient (Wildman–Crippen LogP) is 2.24. The van der Waals surface area contributed by atoms with Crippen molar-refractivity contribution in [2.24, 2.45) is 10.1 Å². The molecule has 6 heteroatoms. The molecule has 1 aliphatic heterocycles. The fourth-order valence-electron chi connectivity index (χ4n) is 2.09. The summed E-state index contributed by atoms with van der Waals surface area (Å²) in [6.45, 7) is 0.542. The largest absolute Gasteiger partial charge is 0.366 e. The molecule has 0 aliphatic carbocycles. The van der Waals surface area contributed by atoms with E-state index in [1.54, 1.807) is 24.8 Å². The first-order chi connectivity index (χ1) is 9.75. The van der Waals surface area contributed by atoms with E-state index in [-0.39, 0.29) is 0 Å². The average molecular weight is 284 g/mol. The predicted molar refractivity (Wildman–Crippen MR) is 79.7 cm³/mol. The van der Waals surface area contributed by atoms with Crippen LogP contribution >= 0.6 is 11.9 Å². The van der Waals surface area contributed by atoms with Crippen molar-refractivity contribution in [2.75, 3.05) is 4.90 Å². The van der Waals surface area contributed by atoms with Gasteiger partial charge in [0.2, 0.25) is 5.91 Å². The van der Waals surface area contributed by atoms with Gasteiger partial charge in [0.1, 0.15) is 6.34 Å². The molecule has 3 rings (SSSR count). The van der Waals surface area contributed by atoms with Crippen molar-refractivity contribution in [1.82, 2.24) is 4.98 Å². The van der Waals surface area contributed by atoms with E-state index < -0.39 is 5.91 Å². The van der Waals surface area contributed by atoms with Crippen molar-refractivity contribution in [2.45, 2.75) is 11.4 Å². The van der Waals surface area contributed by atoms with Gasteiger partial charge in [0.15, 0.2) is 0 Å². The van der Waals surface area contributed by atoms with E-state index in [9.17, 15) is 4.79 Å². The Balaban J connectivity index is 1.94. The minimum absolute atomic E-state index is 0.418. The summed E-state index contributed by atoms with van der Waals surface area (Å²) in [5, 5.41) is 0. The number of carbonyl (C=O) groups is 1. The molecule has 5 nitrogen and oxygen atoms in total. The molecule has 0 spiro atoms. The number of hydrogen-bond acceptors (Lipinski definition) is 5. The molecule has 0 unspecified atom stereocenters. The molecule has 1 amide bonds. The average Bonchev–Trinajstić information content (AvgIpc) is 2.48. The number of amides is 1. The molecule has 2 N–H and O–H groups in total. The van der Waals surface area contributed by atoms with Gasteiger partial charge in [-0.3, -0.25) is 9.78 Å². The highest BCUT2D eigenvalue weighted by Crippen LogP contribution is 2.33. The number of fused-ring (bicyclic) bond motifs is 1. The minimum atomic E-state index is -0.418. The maximum absolute atomic E-state index is 11.5. The molecule has 0 bridgehead atoms. The van der Waals surface area contributed by atoms with E-state index in [1.165, 1.54) is 11.9 Å². The Morgan fingerprint density at radius 3 is 3.00 bits per heavy atom. The molecule has 1 aromatic carbocycles. The van der Waals surface area contributed by atoms with Crippen LogP contribution in [0.2, 0.25) is 0 Å². The highest BCUT2D eigenvalue weighted by molar-refractivity contribution is 7.98. The second-order valence-electron chi connectivity index (χ2n) is 4.30. The summed E-state index contributed by atoms with van der Waals surface area (Å²) >= 11 is 1.39. The molecule has 20 heavy (non-hydrogen) atoms. The second-order valence-corrected chi connectivity index (χ2v) is 5.14. The number of nitrogens with zero attached hydrogens (tertiary/aromatic N) is 3. The van der Waals surface area contributed by atoms with Crippen LogP contribution in [0.3, 0.4) is 0 Å². The molecule has 2 aromatic rings. The van der Waals surface area contributed by atoms with Gasteiger partial charge >= 0.3 is 0 Å². The van der Waals surface area contributed by atoms with E-state index in [2.05, 4.69) is 9.38 Å². The Morgan fingerprint density at radius 1 is 1.30 bits per heavy atom. The summed E-state index contributed by atoms with van der Waals surface area (Å²) in [5.41, 5.74) is 7.85. The van der Waals surface area contributed by atoms with Gasteiger partial charge in [-0.25, -0.2) is 4.40 Å². The van der Waals surface area contributed by atoms with Gasteiger partial charge in [-0.2, -0.15) is 0 Å². The summed E-state index contributed by atoms with van der Waals surface area (Å²) in [5.74, 6) is -0.418. The molecule has 0 fully saturated rings. The fourth-order valence-corrected chi connectivity index (χ4v) is 2.75. The zero-order chi connectivity index (χ0) is 13.9. The fraction of sp³-hybridized carbons (Fsp3) is 0.0714. The first kappa shape index (κ1) is 12.7. The molecule has 0 radical (unpaired) electrons. The Bertz CT molecular complexity index is 686. The third-order valence-corrected chi connectivity index (χ3v) is 3.74. The minimum Gasteiger partial charge on any atom is -0.366 e. The van der Waals surface area contributed by atoms with Crippen molar-refractivity contribution in [1.29, 1.82) is 0 Å². The number of primary amides is 1. The van der Waals surface area contributed by atoms with Crippen LogP contribution in [-0.4, -0.2) is 17.2 Å². The van der Waals surface area contributed by atoms with Gasteiger partial charge in [0.25, 0.3) is 0 Å². The lowest BCUT2D eigenvalue weighted by Crippen LogP contribution is -2.25. The monoisotopic (exact) mass is 284 g/mol. The number of benzene rings is 1. The highest BCUT2D eigenvalue weighted by atomic mass is 32.2. The Hall–Kier alpha value is -2.34. The van der Waals surface area contributed by atoms with Crippen LogP contribution in [0.5, 0.6) is 0 Å². The summed E-state index contributed by atoms with van der Waals surface area (Å²) in [4.78, 5) is 18.5. The molecular weight excluding hydrogens is 272 g/mol. The molecule has 0 atom stereocenters. The molecular formula is C14H12N4OS. The standard InChI is InChI=1S/C14H12N4OS/c15-14(19)11-4-2-1-3-10(11)8-18-9-17-20-13-7-16-6-5-12(13)18/h1-7,9H,8H2,(H2,15,19). The van der Waals surface area contributed by atoms with E-state index in [0.717, 1.165) is 16.1 Å².